The Morgan fingerprint density at radius 3 is 2.80 bits per heavy atom. The van der Waals surface area contributed by atoms with Crippen molar-refractivity contribution >= 4 is 27.3 Å². The maximum absolute atomic E-state index is 13.0. The molecule has 30 heavy (non-hydrogen) atoms. The number of amides is 1. The third kappa shape index (κ3) is 4.30. The molecule has 1 aromatic carbocycles. The Balaban J connectivity index is 1.41. The molecule has 1 amide bonds. The van der Waals surface area contributed by atoms with E-state index in [4.69, 9.17) is 4.52 Å². The van der Waals surface area contributed by atoms with Gasteiger partial charge in [0, 0.05) is 25.7 Å². The van der Waals surface area contributed by atoms with E-state index in [9.17, 15) is 13.2 Å². The number of thiophene rings is 1. The number of rotatable bonds is 6. The van der Waals surface area contributed by atoms with Gasteiger partial charge in [0.1, 0.15) is 4.21 Å². The average Bonchev–Trinajstić information content (AvgIpc) is 3.47. The van der Waals surface area contributed by atoms with E-state index < -0.39 is 15.9 Å². The van der Waals surface area contributed by atoms with Crippen LogP contribution >= 0.6 is 11.3 Å². The largest absolute Gasteiger partial charge is 0.337 e. The zero-order valence-electron chi connectivity index (χ0n) is 16.5. The molecule has 1 aliphatic rings. The van der Waals surface area contributed by atoms with Gasteiger partial charge in [-0.2, -0.15) is 9.29 Å². The van der Waals surface area contributed by atoms with Crippen molar-refractivity contribution in [3.8, 4) is 11.4 Å². The molecule has 1 aliphatic heterocycles. The average molecular weight is 447 g/mol. The number of hydrogen-bond donors (Lipinski definition) is 0. The zero-order valence-corrected chi connectivity index (χ0v) is 18.1. The van der Waals surface area contributed by atoms with Crippen LogP contribution in [0.3, 0.4) is 0 Å². The Kier molecular flexibility index (Phi) is 5.98. The van der Waals surface area contributed by atoms with Gasteiger partial charge in [0.15, 0.2) is 0 Å². The van der Waals surface area contributed by atoms with E-state index in [1.54, 1.807) is 24.6 Å². The fourth-order valence-electron chi connectivity index (χ4n) is 3.52. The summed E-state index contributed by atoms with van der Waals surface area (Å²) >= 11 is 1.19. The van der Waals surface area contributed by atoms with Crippen LogP contribution in [-0.2, 0) is 21.4 Å². The van der Waals surface area contributed by atoms with Gasteiger partial charge >= 0.3 is 0 Å². The topological polar surface area (TPSA) is 96.6 Å². The minimum absolute atomic E-state index is 0.124. The molecule has 3 aromatic rings. The lowest BCUT2D eigenvalue weighted by Gasteiger charge is -2.32. The molecule has 0 spiro atoms. The number of nitrogens with zero attached hydrogens (tertiary/aromatic N) is 4. The molecule has 0 N–H and O–H groups in total. The molecular formula is C20H22N4O4S2. The minimum Gasteiger partial charge on any atom is -0.337 e. The summed E-state index contributed by atoms with van der Waals surface area (Å²) in [5, 5.41) is 5.71. The van der Waals surface area contributed by atoms with Gasteiger partial charge in [0.25, 0.3) is 10.0 Å². The van der Waals surface area contributed by atoms with E-state index in [1.165, 1.54) is 20.5 Å². The molecule has 1 fully saturated rings. The minimum atomic E-state index is -3.56. The van der Waals surface area contributed by atoms with E-state index in [1.807, 2.05) is 30.3 Å². The van der Waals surface area contributed by atoms with Gasteiger partial charge in [-0.1, -0.05) is 41.6 Å². The Labute approximate surface area is 179 Å². The molecule has 2 aromatic heterocycles. The van der Waals surface area contributed by atoms with E-state index >= 15 is 0 Å². The molecule has 0 radical (unpaired) electrons. The number of sulfonamides is 1. The summed E-state index contributed by atoms with van der Waals surface area (Å²) in [6, 6.07) is 12.8. The van der Waals surface area contributed by atoms with Crippen LogP contribution in [0.15, 0.2) is 56.6 Å². The SMILES string of the molecule is CN(Cc1nc(-c2ccccc2)no1)C(=O)[C@H]1CCCN(S(=O)(=O)c2cccs2)C1. The molecule has 0 unspecified atom stereocenters. The smallest absolute Gasteiger partial charge is 0.252 e. The molecule has 0 bridgehead atoms. The van der Waals surface area contributed by atoms with Gasteiger partial charge in [-0.3, -0.25) is 4.79 Å². The fourth-order valence-corrected chi connectivity index (χ4v) is 6.18. The molecule has 1 saturated heterocycles. The van der Waals surface area contributed by atoms with Crippen LogP contribution in [0.4, 0.5) is 0 Å². The van der Waals surface area contributed by atoms with Crippen LogP contribution in [0.25, 0.3) is 11.4 Å². The van der Waals surface area contributed by atoms with Crippen molar-refractivity contribution in [3.05, 3.63) is 53.7 Å². The van der Waals surface area contributed by atoms with Crippen LogP contribution in [0.5, 0.6) is 0 Å². The van der Waals surface area contributed by atoms with Crippen LogP contribution < -0.4 is 0 Å². The lowest BCUT2D eigenvalue weighted by Crippen LogP contribution is -2.45. The van der Waals surface area contributed by atoms with Crippen LogP contribution in [0.1, 0.15) is 18.7 Å². The second kappa shape index (κ2) is 8.66. The third-order valence-electron chi connectivity index (χ3n) is 5.07. The van der Waals surface area contributed by atoms with Gasteiger partial charge in [-0.15, -0.1) is 11.3 Å². The Hall–Kier alpha value is -2.56. The first-order valence-electron chi connectivity index (χ1n) is 9.62. The summed E-state index contributed by atoms with van der Waals surface area (Å²) in [6.45, 7) is 0.785. The van der Waals surface area contributed by atoms with Crippen LogP contribution in [0.2, 0.25) is 0 Å². The van der Waals surface area contributed by atoms with E-state index in [0.717, 1.165) is 5.56 Å². The fraction of sp³-hybridized carbons (Fsp3) is 0.350. The van der Waals surface area contributed by atoms with Crippen molar-refractivity contribution in [1.82, 2.24) is 19.3 Å². The van der Waals surface area contributed by atoms with Gasteiger partial charge in [0.2, 0.25) is 17.6 Å². The van der Waals surface area contributed by atoms with Crippen LogP contribution in [0, 0.1) is 5.92 Å². The van der Waals surface area contributed by atoms with E-state index in [0.29, 0.717) is 35.3 Å². The monoisotopic (exact) mass is 446 g/mol. The van der Waals surface area contributed by atoms with Crippen molar-refractivity contribution < 1.29 is 17.7 Å². The highest BCUT2D eigenvalue weighted by Crippen LogP contribution is 2.27. The summed E-state index contributed by atoms with van der Waals surface area (Å²) in [5.74, 6) is 0.288. The van der Waals surface area contributed by atoms with Crippen molar-refractivity contribution in [2.45, 2.75) is 23.6 Å². The molecule has 158 valence electrons. The number of hydrogen-bond acceptors (Lipinski definition) is 7. The van der Waals surface area contributed by atoms with Gasteiger partial charge in [0.05, 0.1) is 12.5 Å². The maximum atomic E-state index is 13.0. The second-order valence-electron chi connectivity index (χ2n) is 7.21. The molecule has 1 atom stereocenters. The Morgan fingerprint density at radius 1 is 1.27 bits per heavy atom. The first-order valence-corrected chi connectivity index (χ1v) is 11.9. The predicted molar refractivity (Wildman–Crippen MR) is 112 cm³/mol. The lowest BCUT2D eigenvalue weighted by molar-refractivity contribution is -0.136. The van der Waals surface area contributed by atoms with Crippen molar-refractivity contribution in [1.29, 1.82) is 0 Å². The number of carbonyl (C=O) groups excluding carboxylic acids is 1. The highest BCUT2D eigenvalue weighted by atomic mass is 32.2. The molecule has 0 saturated carbocycles. The summed E-state index contributed by atoms with van der Waals surface area (Å²) in [5.41, 5.74) is 0.836. The molecule has 0 aliphatic carbocycles. The third-order valence-corrected chi connectivity index (χ3v) is 8.31. The second-order valence-corrected chi connectivity index (χ2v) is 10.3. The Bertz CT molecular complexity index is 1100. The van der Waals surface area contributed by atoms with Crippen molar-refractivity contribution in [2.75, 3.05) is 20.1 Å². The Morgan fingerprint density at radius 2 is 2.07 bits per heavy atom. The normalized spacial score (nSPS) is 17.7. The van der Waals surface area contributed by atoms with Gasteiger partial charge < -0.3 is 9.42 Å². The zero-order chi connectivity index (χ0) is 21.1. The van der Waals surface area contributed by atoms with Gasteiger partial charge in [-0.25, -0.2) is 8.42 Å². The predicted octanol–water partition coefficient (Wildman–Crippen LogP) is 2.86. The highest BCUT2D eigenvalue weighted by Gasteiger charge is 2.35. The van der Waals surface area contributed by atoms with Gasteiger partial charge in [-0.05, 0) is 24.3 Å². The molecule has 10 heteroatoms. The van der Waals surface area contributed by atoms with E-state index in [2.05, 4.69) is 10.1 Å². The lowest BCUT2D eigenvalue weighted by atomic mass is 9.98. The summed E-state index contributed by atoms with van der Waals surface area (Å²) < 4.78 is 32.6. The molecular weight excluding hydrogens is 424 g/mol. The highest BCUT2D eigenvalue weighted by molar-refractivity contribution is 7.91. The summed E-state index contributed by atoms with van der Waals surface area (Å²) in [6.07, 6.45) is 1.30. The maximum Gasteiger partial charge on any atom is 0.252 e. The first-order chi connectivity index (χ1) is 14.4. The quantitative estimate of drug-likeness (QED) is 0.578. The number of aromatic nitrogens is 2. The first kappa shape index (κ1) is 20.7. The molecule has 4 rings (SSSR count). The summed E-state index contributed by atoms with van der Waals surface area (Å²) in [7, 11) is -1.89. The van der Waals surface area contributed by atoms with Crippen molar-refractivity contribution in [3.63, 3.8) is 0 Å². The number of benzene rings is 1. The van der Waals surface area contributed by atoms with Crippen molar-refractivity contribution in [2.24, 2.45) is 5.92 Å². The standard InChI is InChI=1S/C20H22N4O4S2/c1-23(14-17-21-19(22-28-17)15-7-3-2-4-8-15)20(25)16-9-5-11-24(13-16)30(26,27)18-10-6-12-29-18/h2-4,6-8,10,12,16H,5,9,11,13-14H2,1H3/t16-/m0/s1. The summed E-state index contributed by atoms with van der Waals surface area (Å²) in [4.78, 5) is 18.8. The molecule has 8 nitrogen and oxygen atoms in total. The van der Waals surface area contributed by atoms with Crippen LogP contribution in [-0.4, -0.2) is 53.8 Å². The number of piperidine rings is 1. The molecule has 3 heterocycles. The number of carbonyl (C=O) groups is 1. The van der Waals surface area contributed by atoms with E-state index in [-0.39, 0.29) is 19.0 Å².